The van der Waals surface area contributed by atoms with E-state index in [1.807, 2.05) is 26.8 Å². The standard InChI is InChI=1S/C15H20N2O3/c1-15(2,3)20-14(18)17-8-7-11-5-6-13(19-4)12(9-11)10-16/h5-6,9H,7-8H2,1-4H3,(H,17,18). The molecule has 5 nitrogen and oxygen atoms in total. The number of hydrogen-bond acceptors (Lipinski definition) is 4. The Hall–Kier alpha value is -2.22. The van der Waals surface area contributed by atoms with Crippen molar-refractivity contribution in [2.45, 2.75) is 32.8 Å². The number of nitrogens with one attached hydrogen (secondary N) is 1. The third kappa shape index (κ3) is 5.19. The normalized spacial score (nSPS) is 10.6. The molecule has 0 unspecified atom stereocenters. The van der Waals surface area contributed by atoms with Crippen molar-refractivity contribution in [3.8, 4) is 11.8 Å². The highest BCUT2D eigenvalue weighted by Crippen LogP contribution is 2.18. The Balaban J connectivity index is 2.51. The summed E-state index contributed by atoms with van der Waals surface area (Å²) in [6, 6.07) is 7.46. The summed E-state index contributed by atoms with van der Waals surface area (Å²) in [5.74, 6) is 0.552. The van der Waals surface area contributed by atoms with Crippen LogP contribution in [0.25, 0.3) is 0 Å². The van der Waals surface area contributed by atoms with Gasteiger partial charge in [0.2, 0.25) is 0 Å². The van der Waals surface area contributed by atoms with Crippen molar-refractivity contribution < 1.29 is 14.3 Å². The third-order valence-corrected chi connectivity index (χ3v) is 2.47. The topological polar surface area (TPSA) is 71.3 Å². The molecule has 20 heavy (non-hydrogen) atoms. The molecule has 0 aliphatic heterocycles. The Labute approximate surface area is 119 Å². The van der Waals surface area contributed by atoms with Gasteiger partial charge in [0.1, 0.15) is 17.4 Å². The molecule has 0 saturated carbocycles. The molecule has 1 N–H and O–H groups in total. The van der Waals surface area contributed by atoms with Crippen LogP contribution in [0.4, 0.5) is 4.79 Å². The molecule has 0 bridgehead atoms. The van der Waals surface area contributed by atoms with Crippen molar-refractivity contribution in [3.63, 3.8) is 0 Å². The maximum absolute atomic E-state index is 11.5. The minimum atomic E-state index is -0.502. The minimum Gasteiger partial charge on any atom is -0.495 e. The number of nitrogens with zero attached hydrogens (tertiary/aromatic N) is 1. The lowest BCUT2D eigenvalue weighted by molar-refractivity contribution is 0.0528. The van der Waals surface area contributed by atoms with E-state index < -0.39 is 11.7 Å². The molecule has 0 heterocycles. The van der Waals surface area contributed by atoms with E-state index in [1.54, 1.807) is 12.1 Å². The van der Waals surface area contributed by atoms with E-state index >= 15 is 0 Å². The molecule has 1 amide bonds. The maximum atomic E-state index is 11.5. The first-order chi connectivity index (χ1) is 9.35. The van der Waals surface area contributed by atoms with E-state index in [2.05, 4.69) is 11.4 Å². The second kappa shape index (κ2) is 6.80. The van der Waals surface area contributed by atoms with E-state index in [9.17, 15) is 4.79 Å². The van der Waals surface area contributed by atoms with Crippen molar-refractivity contribution in [3.05, 3.63) is 29.3 Å². The third-order valence-electron chi connectivity index (χ3n) is 2.47. The summed E-state index contributed by atoms with van der Waals surface area (Å²) in [5.41, 5.74) is 0.943. The maximum Gasteiger partial charge on any atom is 0.407 e. The SMILES string of the molecule is COc1ccc(CCNC(=O)OC(C)(C)C)cc1C#N. The molecule has 0 aliphatic rings. The van der Waals surface area contributed by atoms with Crippen LogP contribution in [0.2, 0.25) is 0 Å². The highest BCUT2D eigenvalue weighted by molar-refractivity contribution is 5.67. The fraction of sp³-hybridized carbons (Fsp3) is 0.467. The number of methoxy groups -OCH3 is 1. The first-order valence-corrected chi connectivity index (χ1v) is 6.39. The summed E-state index contributed by atoms with van der Waals surface area (Å²) in [6.07, 6.45) is 0.185. The molecule has 0 radical (unpaired) electrons. The average Bonchev–Trinajstić information content (AvgIpc) is 2.36. The van der Waals surface area contributed by atoms with Crippen LogP contribution in [0.15, 0.2) is 18.2 Å². The van der Waals surface area contributed by atoms with Crippen LogP contribution in [-0.2, 0) is 11.2 Å². The van der Waals surface area contributed by atoms with Crippen molar-refractivity contribution in [2.75, 3.05) is 13.7 Å². The number of rotatable bonds is 4. The van der Waals surface area contributed by atoms with Crippen LogP contribution in [0.1, 0.15) is 31.9 Å². The van der Waals surface area contributed by atoms with Crippen molar-refractivity contribution >= 4 is 6.09 Å². The summed E-state index contributed by atoms with van der Waals surface area (Å²) in [6.45, 7) is 5.89. The number of nitriles is 1. The Morgan fingerprint density at radius 1 is 1.40 bits per heavy atom. The second-order valence-corrected chi connectivity index (χ2v) is 5.33. The van der Waals surface area contributed by atoms with E-state index in [-0.39, 0.29) is 0 Å². The summed E-state index contributed by atoms with van der Waals surface area (Å²) < 4.78 is 10.2. The Kier molecular flexibility index (Phi) is 5.39. The van der Waals surface area contributed by atoms with Crippen molar-refractivity contribution in [2.24, 2.45) is 0 Å². The van der Waals surface area contributed by atoms with Crippen molar-refractivity contribution in [1.29, 1.82) is 5.26 Å². The highest BCUT2D eigenvalue weighted by atomic mass is 16.6. The zero-order chi connectivity index (χ0) is 15.2. The molecule has 108 valence electrons. The monoisotopic (exact) mass is 276 g/mol. The first-order valence-electron chi connectivity index (χ1n) is 6.39. The molecule has 0 aromatic heterocycles. The molecule has 0 saturated heterocycles. The molecular weight excluding hydrogens is 256 g/mol. The zero-order valence-corrected chi connectivity index (χ0v) is 12.3. The number of carbonyl (C=O) groups excluding carboxylic acids is 1. The molecule has 0 aliphatic carbocycles. The van der Waals surface area contributed by atoms with E-state index in [0.29, 0.717) is 24.3 Å². The number of hydrogen-bond donors (Lipinski definition) is 1. The molecule has 5 heteroatoms. The van der Waals surface area contributed by atoms with Crippen LogP contribution < -0.4 is 10.1 Å². The van der Waals surface area contributed by atoms with Gasteiger partial charge in [0.05, 0.1) is 12.7 Å². The van der Waals surface area contributed by atoms with Gasteiger partial charge in [-0.1, -0.05) is 6.07 Å². The van der Waals surface area contributed by atoms with Crippen molar-refractivity contribution in [1.82, 2.24) is 5.32 Å². The average molecular weight is 276 g/mol. The molecular formula is C15H20N2O3. The summed E-state index contributed by atoms with van der Waals surface area (Å²) in [4.78, 5) is 11.5. The molecule has 0 fully saturated rings. The van der Waals surface area contributed by atoms with Crippen LogP contribution in [-0.4, -0.2) is 25.3 Å². The molecule has 0 atom stereocenters. The summed E-state index contributed by atoms with van der Waals surface area (Å²) in [5, 5.41) is 11.7. The predicted octanol–water partition coefficient (Wildman–Crippen LogP) is 2.63. The van der Waals surface area contributed by atoms with Gasteiger partial charge in [0.25, 0.3) is 0 Å². The first kappa shape index (κ1) is 15.8. The molecule has 1 aromatic carbocycles. The van der Waals surface area contributed by atoms with Crippen LogP contribution in [0.3, 0.4) is 0 Å². The van der Waals surface area contributed by atoms with Gasteiger partial charge < -0.3 is 14.8 Å². The van der Waals surface area contributed by atoms with Gasteiger partial charge in [-0.3, -0.25) is 0 Å². The van der Waals surface area contributed by atoms with Gasteiger partial charge in [-0.2, -0.15) is 5.26 Å². The zero-order valence-electron chi connectivity index (χ0n) is 12.3. The van der Waals surface area contributed by atoms with Gasteiger partial charge >= 0.3 is 6.09 Å². The predicted molar refractivity (Wildman–Crippen MR) is 75.6 cm³/mol. The quantitative estimate of drug-likeness (QED) is 0.917. The summed E-state index contributed by atoms with van der Waals surface area (Å²) >= 11 is 0. The number of amides is 1. The van der Waals surface area contributed by atoms with Crippen LogP contribution in [0, 0.1) is 11.3 Å². The molecule has 0 spiro atoms. The van der Waals surface area contributed by atoms with Crippen LogP contribution in [0.5, 0.6) is 5.75 Å². The smallest absolute Gasteiger partial charge is 0.407 e. The number of alkyl carbamates (subject to hydrolysis) is 1. The number of carbonyl (C=O) groups is 1. The number of ether oxygens (including phenoxy) is 2. The summed E-state index contributed by atoms with van der Waals surface area (Å²) in [7, 11) is 1.53. The van der Waals surface area contributed by atoms with Gasteiger partial charge in [-0.05, 0) is 44.9 Å². The Morgan fingerprint density at radius 2 is 2.10 bits per heavy atom. The van der Waals surface area contributed by atoms with E-state index in [4.69, 9.17) is 14.7 Å². The molecule has 1 rings (SSSR count). The Morgan fingerprint density at radius 3 is 2.65 bits per heavy atom. The fourth-order valence-corrected chi connectivity index (χ4v) is 1.62. The minimum absolute atomic E-state index is 0.438. The number of benzene rings is 1. The fourth-order valence-electron chi connectivity index (χ4n) is 1.62. The lowest BCUT2D eigenvalue weighted by Gasteiger charge is -2.19. The lowest BCUT2D eigenvalue weighted by atomic mass is 10.1. The second-order valence-electron chi connectivity index (χ2n) is 5.33. The largest absolute Gasteiger partial charge is 0.495 e. The van der Waals surface area contributed by atoms with E-state index in [0.717, 1.165) is 5.56 Å². The van der Waals surface area contributed by atoms with Gasteiger partial charge in [0.15, 0.2) is 0 Å². The Bertz CT molecular complexity index is 513. The van der Waals surface area contributed by atoms with Gasteiger partial charge in [0, 0.05) is 6.54 Å². The van der Waals surface area contributed by atoms with E-state index in [1.165, 1.54) is 7.11 Å². The highest BCUT2D eigenvalue weighted by Gasteiger charge is 2.15. The van der Waals surface area contributed by atoms with Gasteiger partial charge in [-0.25, -0.2) is 4.79 Å². The van der Waals surface area contributed by atoms with Crippen LogP contribution >= 0.6 is 0 Å². The molecule has 1 aromatic rings. The lowest BCUT2D eigenvalue weighted by Crippen LogP contribution is -2.33. The van der Waals surface area contributed by atoms with Gasteiger partial charge in [-0.15, -0.1) is 0 Å².